The highest BCUT2D eigenvalue weighted by Crippen LogP contribution is 2.42. The highest BCUT2D eigenvalue weighted by molar-refractivity contribution is 5.67. The SMILES string of the molecule is O=C(O)CC1CC2CCC(C1)N2c1ccn2nccc2n1. The normalized spacial score (nSPS) is 28.2. The van der Waals surface area contributed by atoms with E-state index in [1.165, 1.54) is 0 Å². The zero-order valence-electron chi connectivity index (χ0n) is 11.7. The summed E-state index contributed by atoms with van der Waals surface area (Å²) in [6, 6.07) is 4.79. The number of carbonyl (C=O) groups is 1. The second-order valence-electron chi connectivity index (χ2n) is 6.15. The van der Waals surface area contributed by atoms with Gasteiger partial charge in [0.25, 0.3) is 0 Å². The summed E-state index contributed by atoms with van der Waals surface area (Å²) >= 11 is 0. The Kier molecular flexibility index (Phi) is 2.83. The van der Waals surface area contributed by atoms with Crippen LogP contribution in [0, 0.1) is 5.92 Å². The Morgan fingerprint density at radius 2 is 2.05 bits per heavy atom. The van der Waals surface area contributed by atoms with Crippen molar-refractivity contribution in [2.24, 2.45) is 5.92 Å². The molecule has 4 heterocycles. The molecule has 2 unspecified atom stereocenters. The van der Waals surface area contributed by atoms with Crippen molar-refractivity contribution in [2.45, 2.75) is 44.2 Å². The fourth-order valence-corrected chi connectivity index (χ4v) is 4.02. The van der Waals surface area contributed by atoms with E-state index >= 15 is 0 Å². The van der Waals surface area contributed by atoms with Crippen molar-refractivity contribution < 1.29 is 9.90 Å². The maximum Gasteiger partial charge on any atom is 0.303 e. The topological polar surface area (TPSA) is 70.7 Å². The van der Waals surface area contributed by atoms with Gasteiger partial charge in [-0.25, -0.2) is 9.50 Å². The predicted molar refractivity (Wildman–Crippen MR) is 77.3 cm³/mol. The zero-order chi connectivity index (χ0) is 14.4. The molecule has 0 aromatic carbocycles. The molecule has 2 aliphatic rings. The Hall–Kier alpha value is -2.11. The minimum atomic E-state index is -0.674. The monoisotopic (exact) mass is 286 g/mol. The molecule has 1 N–H and O–H groups in total. The number of carboxylic acid groups (broad SMARTS) is 1. The van der Waals surface area contributed by atoms with Gasteiger partial charge in [0, 0.05) is 30.8 Å². The molecule has 2 aromatic rings. The molecule has 21 heavy (non-hydrogen) atoms. The van der Waals surface area contributed by atoms with E-state index in [2.05, 4.69) is 10.00 Å². The molecule has 4 rings (SSSR count). The molecule has 2 atom stereocenters. The van der Waals surface area contributed by atoms with Gasteiger partial charge in [-0.15, -0.1) is 0 Å². The van der Waals surface area contributed by atoms with Crippen molar-refractivity contribution in [3.05, 3.63) is 24.5 Å². The molecule has 0 saturated carbocycles. The smallest absolute Gasteiger partial charge is 0.303 e. The number of carboxylic acids is 1. The van der Waals surface area contributed by atoms with Gasteiger partial charge < -0.3 is 10.0 Å². The summed E-state index contributed by atoms with van der Waals surface area (Å²) in [7, 11) is 0. The average Bonchev–Trinajstić information content (AvgIpc) is 3.00. The van der Waals surface area contributed by atoms with Crippen LogP contribution >= 0.6 is 0 Å². The van der Waals surface area contributed by atoms with Crippen LogP contribution in [0.15, 0.2) is 24.5 Å². The van der Waals surface area contributed by atoms with Crippen LogP contribution in [0.25, 0.3) is 5.65 Å². The number of nitrogens with zero attached hydrogens (tertiary/aromatic N) is 4. The van der Waals surface area contributed by atoms with Crippen LogP contribution < -0.4 is 4.90 Å². The Morgan fingerprint density at radius 1 is 1.29 bits per heavy atom. The molecule has 2 saturated heterocycles. The largest absolute Gasteiger partial charge is 0.481 e. The van der Waals surface area contributed by atoms with Gasteiger partial charge in [0.1, 0.15) is 5.82 Å². The lowest BCUT2D eigenvalue weighted by atomic mass is 9.88. The van der Waals surface area contributed by atoms with Crippen LogP contribution in [0.1, 0.15) is 32.1 Å². The Morgan fingerprint density at radius 3 is 2.76 bits per heavy atom. The summed E-state index contributed by atoms with van der Waals surface area (Å²) in [6.45, 7) is 0. The molecular weight excluding hydrogens is 268 g/mol. The highest BCUT2D eigenvalue weighted by Gasteiger charge is 2.41. The quantitative estimate of drug-likeness (QED) is 0.934. The second-order valence-corrected chi connectivity index (χ2v) is 6.15. The second kappa shape index (κ2) is 4.72. The van der Waals surface area contributed by atoms with E-state index in [1.807, 2.05) is 18.3 Å². The lowest BCUT2D eigenvalue weighted by Crippen LogP contribution is -2.43. The number of hydrogen-bond acceptors (Lipinski definition) is 4. The third-order valence-electron chi connectivity index (χ3n) is 4.80. The molecule has 110 valence electrons. The standard InChI is InChI=1S/C15H18N4O2/c20-15(21)9-10-7-11-1-2-12(8-10)19(11)14-4-6-18-13(17-14)3-5-16-18/h3-6,10-12H,1-2,7-9H2,(H,20,21). The minimum Gasteiger partial charge on any atom is -0.481 e. The molecule has 2 aromatic heterocycles. The number of aliphatic carboxylic acids is 1. The van der Waals surface area contributed by atoms with Crippen LogP contribution in [-0.2, 0) is 4.79 Å². The molecule has 0 aliphatic carbocycles. The van der Waals surface area contributed by atoms with Gasteiger partial charge in [-0.3, -0.25) is 4.79 Å². The average molecular weight is 286 g/mol. The van der Waals surface area contributed by atoms with Gasteiger partial charge in [-0.1, -0.05) is 0 Å². The molecule has 0 spiro atoms. The Labute approximate surface area is 122 Å². The number of piperidine rings is 1. The maximum atomic E-state index is 10.9. The summed E-state index contributed by atoms with van der Waals surface area (Å²) in [5, 5.41) is 13.2. The fraction of sp³-hybridized carbons (Fsp3) is 0.533. The van der Waals surface area contributed by atoms with Crippen molar-refractivity contribution in [3.63, 3.8) is 0 Å². The molecule has 6 nitrogen and oxygen atoms in total. The molecular formula is C15H18N4O2. The lowest BCUT2D eigenvalue weighted by molar-refractivity contribution is -0.138. The number of hydrogen-bond donors (Lipinski definition) is 1. The summed E-state index contributed by atoms with van der Waals surface area (Å²) < 4.78 is 1.77. The first kappa shape index (κ1) is 12.6. The fourth-order valence-electron chi connectivity index (χ4n) is 4.02. The van der Waals surface area contributed by atoms with Gasteiger partial charge in [0.2, 0.25) is 0 Å². The highest BCUT2D eigenvalue weighted by atomic mass is 16.4. The van der Waals surface area contributed by atoms with E-state index in [0.29, 0.717) is 24.4 Å². The molecule has 2 aliphatic heterocycles. The Balaban J connectivity index is 1.60. The van der Waals surface area contributed by atoms with E-state index in [4.69, 9.17) is 10.1 Å². The van der Waals surface area contributed by atoms with E-state index in [9.17, 15) is 4.79 Å². The van der Waals surface area contributed by atoms with Crippen molar-refractivity contribution in [3.8, 4) is 0 Å². The summed E-state index contributed by atoms with van der Waals surface area (Å²) in [6.07, 6.45) is 8.22. The van der Waals surface area contributed by atoms with E-state index < -0.39 is 5.97 Å². The summed E-state index contributed by atoms with van der Waals surface area (Å²) in [4.78, 5) is 18.0. The van der Waals surface area contributed by atoms with Crippen LogP contribution in [-0.4, -0.2) is 37.8 Å². The molecule has 2 fully saturated rings. The molecule has 0 radical (unpaired) electrons. The third-order valence-corrected chi connectivity index (χ3v) is 4.80. The van der Waals surface area contributed by atoms with Crippen LogP contribution in [0.2, 0.25) is 0 Å². The number of fused-ring (bicyclic) bond motifs is 3. The van der Waals surface area contributed by atoms with Crippen LogP contribution in [0.3, 0.4) is 0 Å². The van der Waals surface area contributed by atoms with Crippen molar-refractivity contribution in [2.75, 3.05) is 4.90 Å². The van der Waals surface area contributed by atoms with E-state index in [1.54, 1.807) is 10.7 Å². The third kappa shape index (κ3) is 2.14. The number of anilines is 1. The number of rotatable bonds is 3. The number of aromatic nitrogens is 3. The molecule has 2 bridgehead atoms. The zero-order valence-corrected chi connectivity index (χ0v) is 11.7. The van der Waals surface area contributed by atoms with Gasteiger partial charge in [0.15, 0.2) is 5.65 Å². The summed E-state index contributed by atoms with van der Waals surface area (Å²) in [5.74, 6) is 0.644. The first-order valence-electron chi connectivity index (χ1n) is 7.51. The van der Waals surface area contributed by atoms with Crippen LogP contribution in [0.4, 0.5) is 5.82 Å². The van der Waals surface area contributed by atoms with Crippen molar-refractivity contribution in [1.82, 2.24) is 14.6 Å². The first-order chi connectivity index (χ1) is 10.2. The van der Waals surface area contributed by atoms with Crippen molar-refractivity contribution in [1.29, 1.82) is 0 Å². The Bertz CT molecular complexity index is 669. The lowest BCUT2D eigenvalue weighted by Gasteiger charge is -2.39. The van der Waals surface area contributed by atoms with E-state index in [-0.39, 0.29) is 0 Å². The summed E-state index contributed by atoms with van der Waals surface area (Å²) in [5.41, 5.74) is 0.861. The van der Waals surface area contributed by atoms with E-state index in [0.717, 1.165) is 37.1 Å². The van der Waals surface area contributed by atoms with Gasteiger partial charge >= 0.3 is 5.97 Å². The minimum absolute atomic E-state index is 0.302. The predicted octanol–water partition coefficient (Wildman–Crippen LogP) is 1.95. The van der Waals surface area contributed by atoms with Gasteiger partial charge in [-0.05, 0) is 37.7 Å². The first-order valence-corrected chi connectivity index (χ1v) is 7.51. The van der Waals surface area contributed by atoms with Gasteiger partial charge in [-0.2, -0.15) is 5.10 Å². The van der Waals surface area contributed by atoms with Gasteiger partial charge in [0.05, 0.1) is 6.20 Å². The van der Waals surface area contributed by atoms with Crippen molar-refractivity contribution >= 4 is 17.4 Å². The molecule has 6 heteroatoms. The van der Waals surface area contributed by atoms with Crippen LogP contribution in [0.5, 0.6) is 0 Å². The molecule has 0 amide bonds. The maximum absolute atomic E-state index is 10.9.